The Kier molecular flexibility index (Phi) is 2.94. The van der Waals surface area contributed by atoms with Crippen LogP contribution in [0.1, 0.15) is 0 Å². The number of hydrogen-bond donors (Lipinski definition) is 2. The topological polar surface area (TPSA) is 67.5 Å². The van der Waals surface area contributed by atoms with Gasteiger partial charge in [-0.05, 0) is 12.1 Å². The van der Waals surface area contributed by atoms with Crippen LogP contribution in [0, 0.1) is 0 Å². The number of nitrogens with zero attached hydrogens (tertiary/aromatic N) is 2. The van der Waals surface area contributed by atoms with E-state index in [0.29, 0.717) is 11.2 Å². The Balaban J connectivity index is 2.42. The summed E-state index contributed by atoms with van der Waals surface area (Å²) in [6.07, 6.45) is 2.94. The lowest BCUT2D eigenvalue weighted by Gasteiger charge is -2.07. The van der Waals surface area contributed by atoms with Gasteiger partial charge in [0.2, 0.25) is 0 Å². The maximum atomic E-state index is 8.98. The van der Waals surface area contributed by atoms with Gasteiger partial charge in [0, 0.05) is 17.9 Å². The molecule has 82 valence electrons. The van der Waals surface area contributed by atoms with Gasteiger partial charge in [-0.15, -0.1) is 0 Å². The zero-order chi connectivity index (χ0) is 11.5. The van der Waals surface area contributed by atoms with Crippen LogP contribution in [0.5, 0.6) is 5.75 Å². The first kappa shape index (κ1) is 10.7. The Bertz CT molecular complexity index is 484. The summed E-state index contributed by atoms with van der Waals surface area (Å²) in [4.78, 5) is 0. The lowest BCUT2D eigenvalue weighted by Crippen LogP contribution is -2.28. The van der Waals surface area contributed by atoms with Gasteiger partial charge in [0.15, 0.2) is 0 Å². The monoisotopic (exact) mass is 218 g/mol. The fourth-order valence-corrected chi connectivity index (χ4v) is 1.42. The molecule has 2 aromatic rings. The zero-order valence-electron chi connectivity index (χ0n) is 8.74. The molecular weight excluding hydrogens is 207 g/mol. The van der Waals surface area contributed by atoms with Crippen molar-refractivity contribution < 1.29 is 14.8 Å². The molecule has 0 saturated carbocycles. The van der Waals surface area contributed by atoms with Gasteiger partial charge in [0.05, 0.1) is 7.11 Å². The quantitative estimate of drug-likeness (QED) is 0.685. The number of hydrogen-bond acceptors (Lipinski definition) is 4. The van der Waals surface area contributed by atoms with Crippen molar-refractivity contribution in [2.75, 3.05) is 7.11 Å². The molecule has 0 spiro atoms. The fraction of sp³-hybridized carbons (Fsp3) is 0.100. The number of benzene rings is 1. The van der Waals surface area contributed by atoms with Crippen LogP contribution < -0.4 is 10.2 Å². The standard InChI is InChI=1S/C10H11BN2O3/c1-16-10-5-3-2-4-9(10)13-7-8(6-12-13)11(14)15/h2-7,14-15H,1H3. The van der Waals surface area contributed by atoms with E-state index in [1.165, 1.54) is 10.9 Å². The van der Waals surface area contributed by atoms with Crippen LogP contribution in [0.2, 0.25) is 0 Å². The molecule has 16 heavy (non-hydrogen) atoms. The number of methoxy groups -OCH3 is 1. The number of ether oxygens (including phenoxy) is 1. The van der Waals surface area contributed by atoms with Crippen LogP contribution >= 0.6 is 0 Å². The highest BCUT2D eigenvalue weighted by Crippen LogP contribution is 2.20. The molecule has 0 fully saturated rings. The molecule has 0 aliphatic carbocycles. The Hall–Kier alpha value is -1.79. The lowest BCUT2D eigenvalue weighted by atomic mass is 9.83. The first-order valence-corrected chi connectivity index (χ1v) is 4.76. The summed E-state index contributed by atoms with van der Waals surface area (Å²) in [6.45, 7) is 0. The molecule has 0 unspecified atom stereocenters. The van der Waals surface area contributed by atoms with Crippen LogP contribution in [0.4, 0.5) is 0 Å². The lowest BCUT2D eigenvalue weighted by molar-refractivity contribution is 0.411. The second kappa shape index (κ2) is 4.38. The summed E-state index contributed by atoms with van der Waals surface area (Å²) < 4.78 is 6.72. The Morgan fingerprint density at radius 3 is 2.69 bits per heavy atom. The summed E-state index contributed by atoms with van der Waals surface area (Å²) in [6, 6.07) is 7.35. The Morgan fingerprint density at radius 2 is 2.06 bits per heavy atom. The molecule has 0 amide bonds. The van der Waals surface area contributed by atoms with Crippen LogP contribution in [0.25, 0.3) is 5.69 Å². The van der Waals surface area contributed by atoms with E-state index in [1.807, 2.05) is 24.3 Å². The summed E-state index contributed by atoms with van der Waals surface area (Å²) >= 11 is 0. The minimum Gasteiger partial charge on any atom is -0.494 e. The van der Waals surface area contributed by atoms with Crippen molar-refractivity contribution in [3.05, 3.63) is 36.7 Å². The van der Waals surface area contributed by atoms with E-state index < -0.39 is 7.12 Å². The third-order valence-electron chi connectivity index (χ3n) is 2.23. The normalized spacial score (nSPS) is 10.2. The van der Waals surface area contributed by atoms with Gasteiger partial charge in [-0.1, -0.05) is 12.1 Å². The summed E-state index contributed by atoms with van der Waals surface area (Å²) in [5.74, 6) is 0.671. The van der Waals surface area contributed by atoms with Gasteiger partial charge >= 0.3 is 7.12 Å². The highest BCUT2D eigenvalue weighted by Gasteiger charge is 2.14. The van der Waals surface area contributed by atoms with Gasteiger partial charge < -0.3 is 14.8 Å². The molecule has 1 aromatic heterocycles. The summed E-state index contributed by atoms with van der Waals surface area (Å²) in [5.41, 5.74) is 1.09. The van der Waals surface area contributed by atoms with Gasteiger partial charge in [-0.3, -0.25) is 0 Å². The van der Waals surface area contributed by atoms with E-state index in [2.05, 4.69) is 5.10 Å². The Labute approximate surface area is 93.1 Å². The fourth-order valence-electron chi connectivity index (χ4n) is 1.42. The molecule has 1 aromatic carbocycles. The van der Waals surface area contributed by atoms with Gasteiger partial charge in [-0.2, -0.15) is 5.10 Å². The minimum atomic E-state index is -1.51. The predicted octanol–water partition coefficient (Wildman–Crippen LogP) is -0.439. The summed E-state index contributed by atoms with van der Waals surface area (Å²) in [5, 5.41) is 22.0. The molecule has 0 bridgehead atoms. The van der Waals surface area contributed by atoms with Crippen molar-refractivity contribution in [1.29, 1.82) is 0 Å². The van der Waals surface area contributed by atoms with Crippen LogP contribution in [0.15, 0.2) is 36.7 Å². The van der Waals surface area contributed by atoms with E-state index >= 15 is 0 Å². The molecule has 2 N–H and O–H groups in total. The Morgan fingerprint density at radius 1 is 1.31 bits per heavy atom. The molecule has 0 atom stereocenters. The number of rotatable bonds is 3. The third-order valence-corrected chi connectivity index (χ3v) is 2.23. The van der Waals surface area contributed by atoms with E-state index in [4.69, 9.17) is 14.8 Å². The highest BCUT2D eigenvalue weighted by atomic mass is 16.5. The van der Waals surface area contributed by atoms with Crippen molar-refractivity contribution in [1.82, 2.24) is 9.78 Å². The van der Waals surface area contributed by atoms with Crippen molar-refractivity contribution in [3.8, 4) is 11.4 Å². The molecule has 5 nitrogen and oxygen atoms in total. The van der Waals surface area contributed by atoms with E-state index in [9.17, 15) is 0 Å². The van der Waals surface area contributed by atoms with E-state index in [-0.39, 0.29) is 0 Å². The third kappa shape index (κ3) is 1.93. The van der Waals surface area contributed by atoms with Crippen LogP contribution in [-0.2, 0) is 0 Å². The smallest absolute Gasteiger partial charge is 0.491 e. The molecule has 0 aliphatic rings. The molecule has 1 heterocycles. The first-order valence-electron chi connectivity index (χ1n) is 4.76. The molecule has 0 aliphatic heterocycles. The molecule has 0 radical (unpaired) electrons. The van der Waals surface area contributed by atoms with Crippen molar-refractivity contribution in [2.24, 2.45) is 0 Å². The average Bonchev–Trinajstić information content (AvgIpc) is 2.78. The molecule has 6 heteroatoms. The summed E-state index contributed by atoms with van der Waals surface area (Å²) in [7, 11) is 0.0629. The number of aromatic nitrogens is 2. The molecular formula is C10H11BN2O3. The first-order chi connectivity index (χ1) is 7.72. The van der Waals surface area contributed by atoms with Crippen molar-refractivity contribution in [3.63, 3.8) is 0 Å². The number of para-hydroxylation sites is 2. The van der Waals surface area contributed by atoms with E-state index in [0.717, 1.165) is 5.69 Å². The second-order valence-corrected chi connectivity index (χ2v) is 3.26. The van der Waals surface area contributed by atoms with Crippen LogP contribution in [0.3, 0.4) is 0 Å². The van der Waals surface area contributed by atoms with Gasteiger partial charge in [0.25, 0.3) is 0 Å². The van der Waals surface area contributed by atoms with E-state index in [1.54, 1.807) is 13.3 Å². The predicted molar refractivity (Wildman–Crippen MR) is 59.9 cm³/mol. The van der Waals surface area contributed by atoms with Crippen molar-refractivity contribution >= 4 is 12.6 Å². The highest BCUT2D eigenvalue weighted by molar-refractivity contribution is 6.58. The maximum Gasteiger partial charge on any atom is 0.491 e. The minimum absolute atomic E-state index is 0.339. The van der Waals surface area contributed by atoms with Gasteiger partial charge in [0.1, 0.15) is 11.4 Å². The molecule has 0 saturated heterocycles. The van der Waals surface area contributed by atoms with Crippen LogP contribution in [-0.4, -0.2) is 34.1 Å². The molecule has 2 rings (SSSR count). The zero-order valence-corrected chi connectivity index (χ0v) is 8.74. The average molecular weight is 218 g/mol. The van der Waals surface area contributed by atoms with Crippen molar-refractivity contribution in [2.45, 2.75) is 0 Å². The second-order valence-electron chi connectivity index (χ2n) is 3.26. The SMILES string of the molecule is COc1ccccc1-n1cc(B(O)O)cn1. The maximum absolute atomic E-state index is 8.98. The van der Waals surface area contributed by atoms with Gasteiger partial charge in [-0.25, -0.2) is 4.68 Å². The largest absolute Gasteiger partial charge is 0.494 e.